The minimum absolute atomic E-state index is 0.0764. The number of aromatic carboxylic acids is 1. The highest BCUT2D eigenvalue weighted by Gasteiger charge is 2.14. The maximum absolute atomic E-state index is 12.8. The quantitative estimate of drug-likeness (QED) is 0.249. The third kappa shape index (κ3) is 7.74. The minimum Gasteiger partial charge on any atom is -0.493 e. The SMILES string of the molecule is CCCCCCOc1ccc(Cl)cc1C(=O)NCCc1ccc(-c2ccc(C(=O)O)c(Cl)c2)cc1. The van der Waals surface area contributed by atoms with Crippen LogP contribution < -0.4 is 10.1 Å². The summed E-state index contributed by atoms with van der Waals surface area (Å²) in [5.74, 6) is -0.733. The number of hydrogen-bond donors (Lipinski definition) is 2. The van der Waals surface area contributed by atoms with E-state index in [1.807, 2.05) is 24.3 Å². The van der Waals surface area contributed by atoms with E-state index < -0.39 is 5.97 Å². The van der Waals surface area contributed by atoms with Gasteiger partial charge >= 0.3 is 5.97 Å². The minimum atomic E-state index is -1.05. The van der Waals surface area contributed by atoms with Crippen LogP contribution in [0, 0.1) is 0 Å². The van der Waals surface area contributed by atoms with Crippen molar-refractivity contribution in [2.45, 2.75) is 39.0 Å². The molecule has 5 nitrogen and oxygen atoms in total. The van der Waals surface area contributed by atoms with Crippen molar-refractivity contribution < 1.29 is 19.4 Å². The van der Waals surface area contributed by atoms with Gasteiger partial charge in [-0.3, -0.25) is 4.79 Å². The zero-order chi connectivity index (χ0) is 25.2. The van der Waals surface area contributed by atoms with Crippen LogP contribution in [0.15, 0.2) is 60.7 Å². The highest BCUT2D eigenvalue weighted by Crippen LogP contribution is 2.26. The van der Waals surface area contributed by atoms with Crippen molar-refractivity contribution in [3.05, 3.63) is 87.4 Å². The second-order valence-corrected chi connectivity index (χ2v) is 9.10. The van der Waals surface area contributed by atoms with Crippen LogP contribution in [0.5, 0.6) is 5.75 Å². The number of benzene rings is 3. The maximum atomic E-state index is 12.8. The fourth-order valence-corrected chi connectivity index (χ4v) is 4.10. The van der Waals surface area contributed by atoms with Crippen molar-refractivity contribution >= 4 is 35.1 Å². The molecule has 3 aromatic rings. The number of carbonyl (C=O) groups is 2. The summed E-state index contributed by atoms with van der Waals surface area (Å²) in [6.07, 6.45) is 5.03. The molecule has 3 rings (SSSR count). The van der Waals surface area contributed by atoms with Gasteiger partial charge in [-0.15, -0.1) is 0 Å². The van der Waals surface area contributed by atoms with Crippen LogP contribution in [0.4, 0.5) is 0 Å². The van der Waals surface area contributed by atoms with Gasteiger partial charge in [0.15, 0.2) is 0 Å². The van der Waals surface area contributed by atoms with Gasteiger partial charge in [0, 0.05) is 11.6 Å². The van der Waals surface area contributed by atoms with Crippen molar-refractivity contribution in [3.8, 4) is 16.9 Å². The predicted octanol–water partition coefficient (Wildman–Crippen LogP) is 7.29. The number of nitrogens with one attached hydrogen (secondary N) is 1. The zero-order valence-electron chi connectivity index (χ0n) is 19.7. The van der Waals surface area contributed by atoms with E-state index in [-0.39, 0.29) is 16.5 Å². The van der Waals surface area contributed by atoms with Gasteiger partial charge in [0.25, 0.3) is 5.91 Å². The van der Waals surface area contributed by atoms with Gasteiger partial charge < -0.3 is 15.2 Å². The number of halogens is 2. The van der Waals surface area contributed by atoms with Crippen LogP contribution in [0.3, 0.4) is 0 Å². The summed E-state index contributed by atoms with van der Waals surface area (Å²) in [4.78, 5) is 23.9. The van der Waals surface area contributed by atoms with Crippen LogP contribution in [0.1, 0.15) is 58.9 Å². The lowest BCUT2D eigenvalue weighted by Gasteiger charge is -2.12. The Balaban J connectivity index is 1.56. The second-order valence-electron chi connectivity index (χ2n) is 8.25. The van der Waals surface area contributed by atoms with Crippen LogP contribution in [-0.4, -0.2) is 30.1 Å². The Morgan fingerprint density at radius 2 is 1.63 bits per heavy atom. The first-order valence-corrected chi connectivity index (χ1v) is 12.5. The Morgan fingerprint density at radius 1 is 0.886 bits per heavy atom. The van der Waals surface area contributed by atoms with Gasteiger partial charge in [-0.2, -0.15) is 0 Å². The van der Waals surface area contributed by atoms with E-state index in [4.69, 9.17) is 33.0 Å². The third-order valence-electron chi connectivity index (χ3n) is 5.63. The molecule has 0 aliphatic rings. The Kier molecular flexibility index (Phi) is 10.0. The van der Waals surface area contributed by atoms with E-state index in [2.05, 4.69) is 12.2 Å². The molecule has 0 saturated heterocycles. The molecule has 2 N–H and O–H groups in total. The third-order valence-corrected chi connectivity index (χ3v) is 6.18. The van der Waals surface area contributed by atoms with E-state index >= 15 is 0 Å². The molecule has 184 valence electrons. The number of ether oxygens (including phenoxy) is 1. The molecule has 3 aromatic carbocycles. The molecule has 35 heavy (non-hydrogen) atoms. The number of unbranched alkanes of at least 4 members (excludes halogenated alkanes) is 3. The highest BCUT2D eigenvalue weighted by molar-refractivity contribution is 6.33. The molecule has 0 aromatic heterocycles. The number of carboxylic acids is 1. The zero-order valence-corrected chi connectivity index (χ0v) is 21.2. The summed E-state index contributed by atoms with van der Waals surface area (Å²) in [6, 6.07) is 17.8. The van der Waals surface area contributed by atoms with Crippen LogP contribution in [0.25, 0.3) is 11.1 Å². The van der Waals surface area contributed by atoms with Crippen LogP contribution in [-0.2, 0) is 6.42 Å². The van der Waals surface area contributed by atoms with Crippen molar-refractivity contribution in [1.82, 2.24) is 5.32 Å². The molecule has 0 aliphatic carbocycles. The molecular weight excluding hydrogens is 485 g/mol. The number of carboxylic acid groups (broad SMARTS) is 1. The smallest absolute Gasteiger partial charge is 0.337 e. The van der Waals surface area contributed by atoms with E-state index in [1.54, 1.807) is 30.3 Å². The summed E-state index contributed by atoms with van der Waals surface area (Å²) < 4.78 is 5.85. The number of hydrogen-bond acceptors (Lipinski definition) is 3. The molecular formula is C28H29Cl2NO4. The van der Waals surface area contributed by atoms with Gasteiger partial charge in [0.05, 0.1) is 22.8 Å². The first-order valence-electron chi connectivity index (χ1n) is 11.7. The first-order chi connectivity index (χ1) is 16.9. The second kappa shape index (κ2) is 13.2. The van der Waals surface area contributed by atoms with Crippen molar-refractivity contribution in [2.75, 3.05) is 13.2 Å². The van der Waals surface area contributed by atoms with Gasteiger partial charge in [0.1, 0.15) is 5.75 Å². The first kappa shape index (κ1) is 26.6. The monoisotopic (exact) mass is 513 g/mol. The Labute approximate surface area is 216 Å². The summed E-state index contributed by atoms with van der Waals surface area (Å²) in [7, 11) is 0. The fourth-order valence-electron chi connectivity index (χ4n) is 3.66. The number of carbonyl (C=O) groups excluding carboxylic acids is 1. The van der Waals surface area contributed by atoms with Crippen molar-refractivity contribution in [3.63, 3.8) is 0 Å². The lowest BCUT2D eigenvalue weighted by atomic mass is 10.0. The Hall–Kier alpha value is -3.02. The van der Waals surface area contributed by atoms with Gasteiger partial charge in [-0.05, 0) is 59.9 Å². The summed E-state index contributed by atoms with van der Waals surface area (Å²) in [6.45, 7) is 3.19. The average Bonchev–Trinajstić information content (AvgIpc) is 2.84. The van der Waals surface area contributed by atoms with Gasteiger partial charge in [0.2, 0.25) is 0 Å². The molecule has 0 atom stereocenters. The summed E-state index contributed by atoms with van der Waals surface area (Å²) >= 11 is 12.2. The lowest BCUT2D eigenvalue weighted by molar-refractivity contribution is 0.0696. The van der Waals surface area contributed by atoms with Crippen molar-refractivity contribution in [1.29, 1.82) is 0 Å². The Morgan fingerprint density at radius 3 is 2.31 bits per heavy atom. The lowest BCUT2D eigenvalue weighted by Crippen LogP contribution is -2.26. The summed E-state index contributed by atoms with van der Waals surface area (Å²) in [5.41, 5.74) is 3.33. The molecule has 7 heteroatoms. The van der Waals surface area contributed by atoms with Crippen LogP contribution >= 0.6 is 23.2 Å². The molecule has 0 spiro atoms. The fraction of sp³-hybridized carbons (Fsp3) is 0.286. The van der Waals surface area contributed by atoms with Gasteiger partial charge in [-0.25, -0.2) is 4.79 Å². The number of rotatable bonds is 12. The van der Waals surface area contributed by atoms with E-state index in [1.165, 1.54) is 12.5 Å². The molecule has 0 fully saturated rings. The normalized spacial score (nSPS) is 10.7. The van der Waals surface area contributed by atoms with Gasteiger partial charge in [-0.1, -0.05) is 79.7 Å². The topological polar surface area (TPSA) is 75.6 Å². The molecule has 0 heterocycles. The average molecular weight is 514 g/mol. The number of amides is 1. The molecule has 0 radical (unpaired) electrons. The largest absolute Gasteiger partial charge is 0.493 e. The molecule has 0 aliphatic heterocycles. The summed E-state index contributed by atoms with van der Waals surface area (Å²) in [5, 5.41) is 12.8. The van der Waals surface area contributed by atoms with Crippen LogP contribution in [0.2, 0.25) is 10.0 Å². The van der Waals surface area contributed by atoms with Crippen molar-refractivity contribution in [2.24, 2.45) is 0 Å². The molecule has 0 saturated carbocycles. The predicted molar refractivity (Wildman–Crippen MR) is 141 cm³/mol. The standard InChI is InChI=1S/C28H29Cl2NO4/c1-2-3-4-5-16-35-26-13-11-22(29)18-24(26)27(32)31-15-14-19-6-8-20(9-7-19)21-10-12-23(28(33)34)25(30)17-21/h6-13,17-18H,2-5,14-16H2,1H3,(H,31,32)(H,33,34). The highest BCUT2D eigenvalue weighted by atomic mass is 35.5. The molecule has 0 bridgehead atoms. The molecule has 1 amide bonds. The maximum Gasteiger partial charge on any atom is 0.337 e. The molecule has 0 unspecified atom stereocenters. The van der Waals surface area contributed by atoms with E-state index in [9.17, 15) is 9.59 Å². The van der Waals surface area contributed by atoms with E-state index in [0.717, 1.165) is 36.0 Å². The Bertz CT molecular complexity index is 1160. The van der Waals surface area contributed by atoms with E-state index in [0.29, 0.717) is 35.9 Å².